The third-order valence-corrected chi connectivity index (χ3v) is 7.00. The SMILES string of the molecule is C/C(=C\c1csc(C)n1)C1C/C=C/CCO[C@H](C)[C@H](O)[C@H](C)C(=O)C(C)(C)[C@@H](O)CC(=O)O1. The molecule has 1 aromatic heterocycles. The summed E-state index contributed by atoms with van der Waals surface area (Å²) in [5, 5.41) is 24.2. The summed E-state index contributed by atoms with van der Waals surface area (Å²) >= 11 is 1.55. The van der Waals surface area contributed by atoms with Crippen LogP contribution in [0.2, 0.25) is 0 Å². The first kappa shape index (κ1) is 27.4. The summed E-state index contributed by atoms with van der Waals surface area (Å²) in [5.74, 6) is -1.67. The maximum Gasteiger partial charge on any atom is 0.309 e. The standard InChI is InChI=1S/C25H37NO6S/c1-15(12-19-14-33-18(4)26-19)20-10-8-7-9-11-31-17(3)23(29)16(2)24(30)25(5,6)21(27)13-22(28)32-20/h7-8,12,14,16-17,20-21,23,27,29H,9-11,13H2,1-6H3/b8-7+,15-12+/t16-,17+,20?,21-,23+/m0/s1. The number of ether oxygens (including phenoxy) is 2. The van der Waals surface area contributed by atoms with Gasteiger partial charge in [0.05, 0.1) is 47.5 Å². The van der Waals surface area contributed by atoms with Crippen molar-refractivity contribution in [2.75, 3.05) is 6.61 Å². The lowest BCUT2D eigenvalue weighted by Crippen LogP contribution is -2.47. The topological polar surface area (TPSA) is 106 Å². The number of rotatable bonds is 2. The Bertz CT molecular complexity index is 874. The summed E-state index contributed by atoms with van der Waals surface area (Å²) in [6.45, 7) is 10.7. The highest BCUT2D eigenvalue weighted by Crippen LogP contribution is 2.31. The van der Waals surface area contributed by atoms with E-state index < -0.39 is 41.7 Å². The number of nitrogens with zero attached hydrogens (tertiary/aromatic N) is 1. The predicted molar refractivity (Wildman–Crippen MR) is 129 cm³/mol. The van der Waals surface area contributed by atoms with E-state index in [9.17, 15) is 19.8 Å². The van der Waals surface area contributed by atoms with E-state index in [-0.39, 0.29) is 12.2 Å². The highest BCUT2D eigenvalue weighted by molar-refractivity contribution is 7.09. The molecule has 1 aliphatic rings. The van der Waals surface area contributed by atoms with Crippen LogP contribution in [0.15, 0.2) is 23.1 Å². The summed E-state index contributed by atoms with van der Waals surface area (Å²) in [4.78, 5) is 30.2. The van der Waals surface area contributed by atoms with E-state index in [4.69, 9.17) is 9.47 Å². The molecule has 0 saturated carbocycles. The molecule has 0 radical (unpaired) electrons. The van der Waals surface area contributed by atoms with Gasteiger partial charge >= 0.3 is 5.97 Å². The van der Waals surface area contributed by atoms with Crippen LogP contribution < -0.4 is 0 Å². The van der Waals surface area contributed by atoms with Crippen molar-refractivity contribution in [3.8, 4) is 0 Å². The van der Waals surface area contributed by atoms with Crippen molar-refractivity contribution < 1.29 is 29.3 Å². The van der Waals surface area contributed by atoms with E-state index in [0.717, 1.165) is 16.3 Å². The minimum Gasteiger partial charge on any atom is -0.457 e. The van der Waals surface area contributed by atoms with E-state index in [1.54, 1.807) is 39.0 Å². The molecule has 1 unspecified atom stereocenters. The van der Waals surface area contributed by atoms with Gasteiger partial charge in [-0.25, -0.2) is 4.98 Å². The van der Waals surface area contributed by atoms with Gasteiger partial charge in [-0.05, 0) is 38.8 Å². The quantitative estimate of drug-likeness (QED) is 0.490. The number of carbonyl (C=O) groups is 2. The van der Waals surface area contributed by atoms with Crippen LogP contribution in [-0.4, -0.2) is 58.0 Å². The molecule has 0 aromatic carbocycles. The molecule has 2 heterocycles. The Balaban J connectivity index is 2.27. The van der Waals surface area contributed by atoms with E-state index in [1.807, 2.05) is 37.5 Å². The van der Waals surface area contributed by atoms with Crippen LogP contribution >= 0.6 is 11.3 Å². The second-order valence-corrected chi connectivity index (χ2v) is 10.4. The molecule has 7 nitrogen and oxygen atoms in total. The molecule has 8 heteroatoms. The van der Waals surface area contributed by atoms with Crippen molar-refractivity contribution in [1.82, 2.24) is 4.98 Å². The van der Waals surface area contributed by atoms with E-state index in [0.29, 0.717) is 19.4 Å². The summed E-state index contributed by atoms with van der Waals surface area (Å²) in [5.41, 5.74) is 0.406. The van der Waals surface area contributed by atoms with Crippen LogP contribution in [0, 0.1) is 18.3 Å². The van der Waals surface area contributed by atoms with Crippen LogP contribution in [0.5, 0.6) is 0 Å². The number of thiazole rings is 1. The highest BCUT2D eigenvalue weighted by Gasteiger charge is 2.42. The first-order valence-electron chi connectivity index (χ1n) is 11.4. The molecule has 0 saturated heterocycles. The Morgan fingerprint density at radius 2 is 1.94 bits per heavy atom. The fourth-order valence-corrected chi connectivity index (χ4v) is 4.36. The van der Waals surface area contributed by atoms with Gasteiger partial charge < -0.3 is 19.7 Å². The number of ketones is 1. The second-order valence-electron chi connectivity index (χ2n) is 9.32. The average Bonchev–Trinajstić information content (AvgIpc) is 3.16. The van der Waals surface area contributed by atoms with Crippen LogP contribution in [0.1, 0.15) is 64.6 Å². The third-order valence-electron chi connectivity index (χ3n) is 6.21. The zero-order chi connectivity index (χ0) is 24.8. The number of aliphatic hydroxyl groups excluding tert-OH is 2. The summed E-state index contributed by atoms with van der Waals surface area (Å²) in [7, 11) is 0. The number of aliphatic hydroxyl groups is 2. The Hall–Kier alpha value is -1.87. The van der Waals surface area contributed by atoms with Gasteiger partial charge in [-0.1, -0.05) is 32.9 Å². The molecule has 1 aromatic rings. The van der Waals surface area contributed by atoms with Crippen LogP contribution in [0.4, 0.5) is 0 Å². The first-order chi connectivity index (χ1) is 15.4. The van der Waals surface area contributed by atoms with Crippen molar-refractivity contribution in [2.24, 2.45) is 11.3 Å². The molecule has 0 spiro atoms. The molecule has 0 fully saturated rings. The maximum absolute atomic E-state index is 13.1. The smallest absolute Gasteiger partial charge is 0.309 e. The zero-order valence-corrected chi connectivity index (χ0v) is 21.2. The Morgan fingerprint density at radius 3 is 2.58 bits per heavy atom. The number of aromatic nitrogens is 1. The van der Waals surface area contributed by atoms with Crippen molar-refractivity contribution in [1.29, 1.82) is 0 Å². The molecule has 1 aliphatic heterocycles. The van der Waals surface area contributed by atoms with Crippen molar-refractivity contribution >= 4 is 29.2 Å². The number of esters is 1. The van der Waals surface area contributed by atoms with Crippen LogP contribution in [0.25, 0.3) is 6.08 Å². The number of cyclic esters (lactones) is 1. The zero-order valence-electron chi connectivity index (χ0n) is 20.4. The fraction of sp³-hybridized carbons (Fsp3) is 0.640. The fourth-order valence-electron chi connectivity index (χ4n) is 3.79. The normalized spacial score (nSPS) is 31.8. The number of Topliss-reactive ketones (excluding diaryl/α,β-unsaturated/α-hetero) is 1. The molecule has 0 aliphatic carbocycles. The number of hydrogen-bond acceptors (Lipinski definition) is 8. The van der Waals surface area contributed by atoms with Gasteiger partial charge in [0, 0.05) is 17.7 Å². The molecule has 5 atom stereocenters. The van der Waals surface area contributed by atoms with Crippen molar-refractivity contribution in [3.63, 3.8) is 0 Å². The van der Waals surface area contributed by atoms with Crippen LogP contribution in [-0.2, 0) is 19.1 Å². The van der Waals surface area contributed by atoms with Crippen molar-refractivity contribution in [2.45, 2.75) is 85.2 Å². The molecular formula is C25H37NO6S. The Morgan fingerprint density at radius 1 is 1.24 bits per heavy atom. The molecular weight excluding hydrogens is 442 g/mol. The number of carbonyl (C=O) groups excluding carboxylic acids is 2. The molecule has 2 N–H and O–H groups in total. The average molecular weight is 480 g/mol. The minimum atomic E-state index is -1.25. The first-order valence-corrected chi connectivity index (χ1v) is 12.3. The lowest BCUT2D eigenvalue weighted by molar-refractivity contribution is -0.154. The van der Waals surface area contributed by atoms with Crippen molar-refractivity contribution in [3.05, 3.63) is 33.8 Å². The summed E-state index contributed by atoms with van der Waals surface area (Å²) in [6, 6.07) is 0. The van der Waals surface area contributed by atoms with Gasteiger partial charge in [0.1, 0.15) is 11.9 Å². The third kappa shape index (κ3) is 7.57. The molecule has 184 valence electrons. The Labute approximate surface area is 200 Å². The van der Waals surface area contributed by atoms with Gasteiger partial charge in [-0.3, -0.25) is 9.59 Å². The summed E-state index contributed by atoms with van der Waals surface area (Å²) in [6.07, 6.45) is 3.21. The van der Waals surface area contributed by atoms with Gasteiger partial charge in [-0.15, -0.1) is 11.3 Å². The maximum atomic E-state index is 13.1. The largest absolute Gasteiger partial charge is 0.457 e. The predicted octanol–water partition coefficient (Wildman–Crippen LogP) is 3.87. The second kappa shape index (κ2) is 12.0. The van der Waals surface area contributed by atoms with Gasteiger partial charge in [-0.2, -0.15) is 0 Å². The van der Waals surface area contributed by atoms with Gasteiger partial charge in [0.2, 0.25) is 0 Å². The van der Waals surface area contributed by atoms with Gasteiger partial charge in [0.15, 0.2) is 0 Å². The molecule has 2 rings (SSSR count). The highest BCUT2D eigenvalue weighted by atomic mass is 32.1. The van der Waals surface area contributed by atoms with E-state index in [1.165, 1.54) is 0 Å². The number of hydrogen-bond donors (Lipinski definition) is 2. The lowest BCUT2D eigenvalue weighted by atomic mass is 9.74. The van der Waals surface area contributed by atoms with E-state index in [2.05, 4.69) is 4.98 Å². The van der Waals surface area contributed by atoms with Gasteiger partial charge in [0.25, 0.3) is 0 Å². The Kier molecular flexibility index (Phi) is 9.97. The summed E-state index contributed by atoms with van der Waals surface area (Å²) < 4.78 is 11.4. The lowest BCUT2D eigenvalue weighted by Gasteiger charge is -2.34. The number of aryl methyl sites for hydroxylation is 1. The van der Waals surface area contributed by atoms with E-state index >= 15 is 0 Å². The minimum absolute atomic E-state index is 0.323. The molecule has 33 heavy (non-hydrogen) atoms. The monoisotopic (exact) mass is 479 g/mol. The molecule has 0 bridgehead atoms. The molecule has 0 amide bonds. The van der Waals surface area contributed by atoms with Crippen LogP contribution in [0.3, 0.4) is 0 Å².